The molecule has 0 saturated carbocycles. The average Bonchev–Trinajstić information content (AvgIpc) is 3.09. The SMILES string of the molecule is CC(C)(C)[S+]([O-])N=C1CCc2c1cnn2C1CCN(C(=O)O)CC1. The Morgan fingerprint density at radius 2 is 2.04 bits per heavy atom. The number of nitrogens with zero attached hydrogens (tertiary/aromatic N) is 4. The second kappa shape index (κ2) is 6.40. The van der Waals surface area contributed by atoms with Gasteiger partial charge in [-0.1, -0.05) is 4.40 Å². The molecule has 8 heteroatoms. The number of likely N-dealkylation sites (tertiary alicyclic amines) is 1. The molecule has 1 aliphatic heterocycles. The highest BCUT2D eigenvalue weighted by Gasteiger charge is 2.33. The Bertz CT molecular complexity index is 657. The number of fused-ring (bicyclic) bond motifs is 1. The Balaban J connectivity index is 1.76. The molecule has 1 aromatic heterocycles. The molecule has 0 radical (unpaired) electrons. The Labute approximate surface area is 145 Å². The van der Waals surface area contributed by atoms with Crippen molar-refractivity contribution in [1.82, 2.24) is 14.7 Å². The number of aromatic nitrogens is 2. The molecule has 7 nitrogen and oxygen atoms in total. The van der Waals surface area contributed by atoms with Gasteiger partial charge >= 0.3 is 6.09 Å². The fraction of sp³-hybridized carbons (Fsp3) is 0.688. The highest BCUT2D eigenvalue weighted by molar-refractivity contribution is 7.91. The topological polar surface area (TPSA) is 93.8 Å². The first-order valence-electron chi connectivity index (χ1n) is 8.31. The van der Waals surface area contributed by atoms with Gasteiger partial charge in [-0.15, -0.1) is 0 Å². The Morgan fingerprint density at radius 3 is 2.62 bits per heavy atom. The monoisotopic (exact) mass is 352 g/mol. The minimum Gasteiger partial charge on any atom is -0.591 e. The van der Waals surface area contributed by atoms with E-state index >= 15 is 0 Å². The summed E-state index contributed by atoms with van der Waals surface area (Å²) in [5.74, 6) is 0. The second-order valence-corrected chi connectivity index (χ2v) is 9.26. The lowest BCUT2D eigenvalue weighted by atomic mass is 10.1. The fourth-order valence-corrected chi connectivity index (χ4v) is 3.86. The van der Waals surface area contributed by atoms with Gasteiger partial charge in [-0.3, -0.25) is 4.68 Å². The first kappa shape index (κ1) is 17.3. The number of hydrogen-bond acceptors (Lipinski definition) is 4. The third-order valence-corrected chi connectivity index (χ3v) is 6.04. The lowest BCUT2D eigenvalue weighted by molar-refractivity contribution is 0.123. The maximum Gasteiger partial charge on any atom is 0.407 e. The molecule has 1 aliphatic carbocycles. The highest BCUT2D eigenvalue weighted by Crippen LogP contribution is 2.31. The third kappa shape index (κ3) is 3.30. The van der Waals surface area contributed by atoms with Gasteiger partial charge in [0, 0.05) is 30.8 Å². The lowest BCUT2D eigenvalue weighted by Gasteiger charge is -2.30. The second-order valence-electron chi connectivity index (χ2n) is 7.35. The molecule has 0 aromatic carbocycles. The summed E-state index contributed by atoms with van der Waals surface area (Å²) in [4.78, 5) is 12.5. The van der Waals surface area contributed by atoms with Crippen LogP contribution in [0.3, 0.4) is 0 Å². The molecule has 1 saturated heterocycles. The smallest absolute Gasteiger partial charge is 0.407 e. The molecule has 132 valence electrons. The number of carboxylic acid groups (broad SMARTS) is 1. The van der Waals surface area contributed by atoms with Crippen molar-refractivity contribution in [3.8, 4) is 0 Å². The van der Waals surface area contributed by atoms with Crippen LogP contribution in [0.2, 0.25) is 0 Å². The molecular formula is C16H24N4O3S. The van der Waals surface area contributed by atoms with E-state index in [1.54, 1.807) is 0 Å². The van der Waals surface area contributed by atoms with E-state index in [-0.39, 0.29) is 10.8 Å². The summed E-state index contributed by atoms with van der Waals surface area (Å²) in [6.45, 7) is 6.85. The number of carbonyl (C=O) groups is 1. The molecule has 2 aliphatic rings. The van der Waals surface area contributed by atoms with E-state index < -0.39 is 17.5 Å². The van der Waals surface area contributed by atoms with Crippen molar-refractivity contribution >= 4 is 23.2 Å². The summed E-state index contributed by atoms with van der Waals surface area (Å²) in [5.41, 5.74) is 3.04. The average molecular weight is 352 g/mol. The van der Waals surface area contributed by atoms with Crippen LogP contribution in [0.25, 0.3) is 0 Å². The Hall–Kier alpha value is -1.54. The van der Waals surface area contributed by atoms with E-state index in [4.69, 9.17) is 5.11 Å². The van der Waals surface area contributed by atoms with E-state index in [0.29, 0.717) is 13.1 Å². The Kier molecular flexibility index (Phi) is 4.61. The van der Waals surface area contributed by atoms with Gasteiger partial charge < -0.3 is 14.6 Å². The van der Waals surface area contributed by atoms with Crippen LogP contribution in [0.4, 0.5) is 4.79 Å². The van der Waals surface area contributed by atoms with Crippen LogP contribution in [0.15, 0.2) is 10.6 Å². The molecule has 1 atom stereocenters. The maximum absolute atomic E-state index is 12.3. The van der Waals surface area contributed by atoms with E-state index in [0.717, 1.165) is 42.7 Å². The van der Waals surface area contributed by atoms with Crippen LogP contribution in [0, 0.1) is 0 Å². The minimum atomic E-state index is -1.26. The molecule has 0 bridgehead atoms. The van der Waals surface area contributed by atoms with Crippen molar-refractivity contribution in [2.24, 2.45) is 4.40 Å². The number of piperidine rings is 1. The number of hydrogen-bond donors (Lipinski definition) is 1. The Morgan fingerprint density at radius 1 is 1.38 bits per heavy atom. The van der Waals surface area contributed by atoms with Crippen molar-refractivity contribution in [1.29, 1.82) is 0 Å². The molecule has 3 rings (SSSR count). The van der Waals surface area contributed by atoms with E-state index in [9.17, 15) is 9.35 Å². The summed E-state index contributed by atoms with van der Waals surface area (Å²) in [5, 5.41) is 13.6. The summed E-state index contributed by atoms with van der Waals surface area (Å²) in [6.07, 6.45) is 4.18. The summed E-state index contributed by atoms with van der Waals surface area (Å²) in [7, 11) is 0. The molecule has 1 N–H and O–H groups in total. The normalized spacial score (nSPS) is 22.0. The predicted molar refractivity (Wildman–Crippen MR) is 92.8 cm³/mol. The van der Waals surface area contributed by atoms with Gasteiger partial charge in [-0.2, -0.15) is 5.10 Å². The van der Waals surface area contributed by atoms with Gasteiger partial charge in [0.25, 0.3) is 0 Å². The summed E-state index contributed by atoms with van der Waals surface area (Å²) >= 11 is -1.26. The van der Waals surface area contributed by atoms with Crippen LogP contribution in [-0.4, -0.2) is 54.0 Å². The highest BCUT2D eigenvalue weighted by atomic mass is 32.2. The van der Waals surface area contributed by atoms with Crippen molar-refractivity contribution in [2.45, 2.75) is 57.2 Å². The zero-order valence-electron chi connectivity index (χ0n) is 14.4. The quantitative estimate of drug-likeness (QED) is 0.827. The van der Waals surface area contributed by atoms with Crippen molar-refractivity contribution in [2.75, 3.05) is 13.1 Å². The first-order chi connectivity index (χ1) is 11.3. The maximum atomic E-state index is 12.3. The molecule has 1 unspecified atom stereocenters. The molecule has 1 aromatic rings. The van der Waals surface area contributed by atoms with Crippen molar-refractivity contribution < 1.29 is 14.5 Å². The zero-order valence-corrected chi connectivity index (χ0v) is 15.2. The fourth-order valence-electron chi connectivity index (χ4n) is 3.20. The molecule has 2 heterocycles. The summed E-state index contributed by atoms with van der Waals surface area (Å²) in [6, 6.07) is 0.233. The van der Waals surface area contributed by atoms with Gasteiger partial charge in [0.2, 0.25) is 0 Å². The van der Waals surface area contributed by atoms with Crippen LogP contribution in [0.5, 0.6) is 0 Å². The van der Waals surface area contributed by atoms with Crippen LogP contribution in [0.1, 0.15) is 57.3 Å². The van der Waals surface area contributed by atoms with Crippen molar-refractivity contribution in [3.63, 3.8) is 0 Å². The van der Waals surface area contributed by atoms with E-state index in [1.165, 1.54) is 4.90 Å². The molecule has 1 fully saturated rings. The zero-order chi connectivity index (χ0) is 17.5. The molecular weight excluding hydrogens is 328 g/mol. The standard InChI is InChI=1S/C16H24N4O3S/c1-16(2,3)24(23)18-13-4-5-14-12(13)10-17-20(14)11-6-8-19(9-7-11)15(21)22/h10-11H,4-9H2,1-3H3,(H,21,22). The molecule has 1 amide bonds. The lowest BCUT2D eigenvalue weighted by Crippen LogP contribution is -2.38. The van der Waals surface area contributed by atoms with Gasteiger partial charge in [0.1, 0.15) is 21.8 Å². The largest absolute Gasteiger partial charge is 0.591 e. The number of rotatable bonds is 2. The number of amides is 1. The minimum absolute atomic E-state index is 0.233. The van der Waals surface area contributed by atoms with Crippen molar-refractivity contribution in [3.05, 3.63) is 17.5 Å². The molecule has 0 spiro atoms. The van der Waals surface area contributed by atoms with E-state index in [1.807, 2.05) is 31.6 Å². The first-order valence-corrected chi connectivity index (χ1v) is 9.42. The van der Waals surface area contributed by atoms with Gasteiger partial charge in [-0.25, -0.2) is 4.79 Å². The van der Waals surface area contributed by atoms with Crippen LogP contribution < -0.4 is 0 Å². The molecule has 24 heavy (non-hydrogen) atoms. The van der Waals surface area contributed by atoms with E-state index in [2.05, 4.69) is 9.50 Å². The van der Waals surface area contributed by atoms with Gasteiger partial charge in [0.15, 0.2) is 0 Å². The van der Waals surface area contributed by atoms with Crippen LogP contribution in [-0.2, 0) is 17.8 Å². The van der Waals surface area contributed by atoms with Gasteiger partial charge in [0.05, 0.1) is 12.2 Å². The van der Waals surface area contributed by atoms with Gasteiger partial charge in [-0.05, 0) is 40.0 Å². The van der Waals surface area contributed by atoms with Crippen LogP contribution >= 0.6 is 0 Å². The predicted octanol–water partition coefficient (Wildman–Crippen LogP) is 2.40. The summed E-state index contributed by atoms with van der Waals surface area (Å²) < 4.78 is 18.4. The third-order valence-electron chi connectivity index (χ3n) is 4.61.